The molecule has 1 heterocycles. The number of nitrogens with zero attached hydrogens (tertiary/aromatic N) is 2. The van der Waals surface area contributed by atoms with Gasteiger partial charge in [-0.1, -0.05) is 12.1 Å². The van der Waals surface area contributed by atoms with Gasteiger partial charge in [-0.25, -0.2) is 4.79 Å². The van der Waals surface area contributed by atoms with Crippen molar-refractivity contribution in [3.63, 3.8) is 0 Å². The first-order valence-corrected chi connectivity index (χ1v) is 6.17. The molecule has 0 N–H and O–H groups in total. The Morgan fingerprint density at radius 3 is 2.90 bits per heavy atom. The van der Waals surface area contributed by atoms with Crippen molar-refractivity contribution in [2.24, 2.45) is 0 Å². The summed E-state index contributed by atoms with van der Waals surface area (Å²) in [5.74, 6) is 0.651. The zero-order valence-corrected chi connectivity index (χ0v) is 11.3. The molecule has 102 valence electrons. The third-order valence-corrected chi connectivity index (χ3v) is 2.78. The molecule has 0 saturated heterocycles. The average molecular weight is 270 g/mol. The van der Waals surface area contributed by atoms with Gasteiger partial charge in [0, 0.05) is 13.1 Å². The first kappa shape index (κ1) is 13.7. The SMILES string of the molecule is CCOC(=O)/C(C#N)=C/C=C1\Oc2ccccc2N1C. The fourth-order valence-corrected chi connectivity index (χ4v) is 1.78. The van der Waals surface area contributed by atoms with E-state index >= 15 is 0 Å². The molecule has 0 saturated carbocycles. The lowest BCUT2D eigenvalue weighted by Gasteiger charge is -2.09. The molecular weight excluding hydrogens is 256 g/mol. The molecule has 0 radical (unpaired) electrons. The van der Waals surface area contributed by atoms with Crippen LogP contribution in [0.2, 0.25) is 0 Å². The van der Waals surface area contributed by atoms with Gasteiger partial charge >= 0.3 is 5.97 Å². The summed E-state index contributed by atoms with van der Waals surface area (Å²) in [5.41, 5.74) is 0.870. The number of fused-ring (bicyclic) bond motifs is 1. The number of anilines is 1. The maximum Gasteiger partial charge on any atom is 0.348 e. The van der Waals surface area contributed by atoms with Crippen LogP contribution in [0.4, 0.5) is 5.69 Å². The van der Waals surface area contributed by atoms with E-state index in [-0.39, 0.29) is 12.2 Å². The van der Waals surface area contributed by atoms with Gasteiger partial charge in [-0.2, -0.15) is 5.26 Å². The van der Waals surface area contributed by atoms with Crippen LogP contribution in [-0.4, -0.2) is 19.6 Å². The van der Waals surface area contributed by atoms with Crippen molar-refractivity contribution in [1.82, 2.24) is 0 Å². The highest BCUT2D eigenvalue weighted by Gasteiger charge is 2.21. The molecule has 5 heteroatoms. The summed E-state index contributed by atoms with van der Waals surface area (Å²) >= 11 is 0. The van der Waals surface area contributed by atoms with Crippen LogP contribution in [0, 0.1) is 11.3 Å². The van der Waals surface area contributed by atoms with Gasteiger partial charge in [-0.3, -0.25) is 0 Å². The van der Waals surface area contributed by atoms with E-state index in [1.807, 2.05) is 42.3 Å². The van der Waals surface area contributed by atoms with Gasteiger partial charge in [0.15, 0.2) is 11.6 Å². The number of esters is 1. The summed E-state index contributed by atoms with van der Waals surface area (Å²) in [6.07, 6.45) is 2.98. The minimum atomic E-state index is -0.634. The number of nitriles is 1. The molecule has 20 heavy (non-hydrogen) atoms. The third kappa shape index (κ3) is 2.64. The number of carbonyl (C=O) groups excluding carboxylic acids is 1. The summed E-state index contributed by atoms with van der Waals surface area (Å²) in [6.45, 7) is 1.92. The van der Waals surface area contributed by atoms with Gasteiger partial charge in [0.2, 0.25) is 0 Å². The quantitative estimate of drug-likeness (QED) is 0.479. The maximum atomic E-state index is 11.5. The van der Waals surface area contributed by atoms with Gasteiger partial charge in [0.1, 0.15) is 11.6 Å². The zero-order valence-electron chi connectivity index (χ0n) is 11.3. The first-order valence-electron chi connectivity index (χ1n) is 6.17. The molecule has 0 fully saturated rings. The van der Waals surface area contributed by atoms with Gasteiger partial charge < -0.3 is 14.4 Å². The van der Waals surface area contributed by atoms with Crippen LogP contribution in [0.25, 0.3) is 0 Å². The second-order valence-corrected chi connectivity index (χ2v) is 4.05. The number of carbonyl (C=O) groups is 1. The molecule has 0 spiro atoms. The van der Waals surface area contributed by atoms with E-state index in [1.54, 1.807) is 13.0 Å². The number of hydrogen-bond donors (Lipinski definition) is 0. The van der Waals surface area contributed by atoms with Crippen LogP contribution in [0.15, 0.2) is 47.9 Å². The van der Waals surface area contributed by atoms with Crippen molar-refractivity contribution in [2.45, 2.75) is 6.92 Å². The molecule has 1 aliphatic heterocycles. The molecular formula is C15H14N2O3. The molecule has 2 rings (SSSR count). The van der Waals surface area contributed by atoms with E-state index < -0.39 is 5.97 Å². The predicted octanol–water partition coefficient (Wildman–Crippen LogP) is 2.37. The number of allylic oxidation sites excluding steroid dienone is 2. The highest BCUT2D eigenvalue weighted by Crippen LogP contribution is 2.37. The number of hydrogen-bond acceptors (Lipinski definition) is 5. The molecule has 0 atom stereocenters. The van der Waals surface area contributed by atoms with Crippen LogP contribution < -0.4 is 9.64 Å². The Bertz CT molecular complexity index is 626. The topological polar surface area (TPSA) is 62.6 Å². The van der Waals surface area contributed by atoms with Crippen LogP contribution in [0.1, 0.15) is 6.92 Å². The second kappa shape index (κ2) is 5.93. The van der Waals surface area contributed by atoms with Crippen LogP contribution in [-0.2, 0) is 9.53 Å². The monoisotopic (exact) mass is 270 g/mol. The Hall–Kier alpha value is -2.74. The molecule has 0 unspecified atom stereocenters. The molecule has 1 aromatic carbocycles. The molecule has 0 aromatic heterocycles. The maximum absolute atomic E-state index is 11.5. The number of rotatable bonds is 3. The van der Waals surface area contributed by atoms with Crippen LogP contribution in [0.5, 0.6) is 5.75 Å². The van der Waals surface area contributed by atoms with Gasteiger partial charge in [0.25, 0.3) is 0 Å². The summed E-state index contributed by atoms with van der Waals surface area (Å²) < 4.78 is 10.4. The van der Waals surface area contributed by atoms with E-state index in [0.29, 0.717) is 5.88 Å². The van der Waals surface area contributed by atoms with E-state index in [9.17, 15) is 4.79 Å². The highest BCUT2D eigenvalue weighted by atomic mass is 16.5. The summed E-state index contributed by atoms with van der Waals surface area (Å²) in [6, 6.07) is 9.39. The van der Waals surface area contributed by atoms with Crippen molar-refractivity contribution in [2.75, 3.05) is 18.6 Å². The smallest absolute Gasteiger partial charge is 0.348 e. The molecule has 0 amide bonds. The lowest BCUT2D eigenvalue weighted by Crippen LogP contribution is -2.13. The van der Waals surface area contributed by atoms with E-state index in [1.165, 1.54) is 6.08 Å². The fraction of sp³-hybridized carbons (Fsp3) is 0.200. The minimum Gasteiger partial charge on any atom is -0.462 e. The Kier molecular flexibility index (Phi) is 4.06. The van der Waals surface area contributed by atoms with Crippen molar-refractivity contribution in [1.29, 1.82) is 5.26 Å². The zero-order chi connectivity index (χ0) is 14.5. The van der Waals surface area contributed by atoms with E-state index in [4.69, 9.17) is 14.7 Å². The normalized spacial score (nSPS) is 15.6. The van der Waals surface area contributed by atoms with Crippen LogP contribution >= 0.6 is 0 Å². The van der Waals surface area contributed by atoms with Gasteiger partial charge in [-0.05, 0) is 25.1 Å². The van der Waals surface area contributed by atoms with Crippen molar-refractivity contribution < 1.29 is 14.3 Å². The average Bonchev–Trinajstić information content (AvgIpc) is 2.77. The minimum absolute atomic E-state index is 0.0627. The van der Waals surface area contributed by atoms with Gasteiger partial charge in [0.05, 0.1) is 12.3 Å². The van der Waals surface area contributed by atoms with E-state index in [0.717, 1.165) is 11.4 Å². The molecule has 0 bridgehead atoms. The number of benzene rings is 1. The summed E-state index contributed by atoms with van der Waals surface area (Å²) in [5, 5.41) is 8.93. The number of ether oxygens (including phenoxy) is 2. The Balaban J connectivity index is 2.22. The van der Waals surface area contributed by atoms with Crippen molar-refractivity contribution >= 4 is 11.7 Å². The largest absolute Gasteiger partial charge is 0.462 e. The molecule has 1 aliphatic rings. The molecule has 5 nitrogen and oxygen atoms in total. The summed E-state index contributed by atoms with van der Waals surface area (Å²) in [7, 11) is 1.85. The van der Waals surface area contributed by atoms with Crippen molar-refractivity contribution in [3.8, 4) is 11.8 Å². The second-order valence-electron chi connectivity index (χ2n) is 4.05. The fourth-order valence-electron chi connectivity index (χ4n) is 1.78. The number of para-hydroxylation sites is 2. The third-order valence-electron chi connectivity index (χ3n) is 2.78. The molecule has 0 aliphatic carbocycles. The Morgan fingerprint density at radius 2 is 2.25 bits per heavy atom. The van der Waals surface area contributed by atoms with Crippen LogP contribution in [0.3, 0.4) is 0 Å². The lowest BCUT2D eigenvalue weighted by atomic mass is 10.2. The Labute approximate surface area is 117 Å². The highest BCUT2D eigenvalue weighted by molar-refractivity contribution is 5.93. The van der Waals surface area contributed by atoms with Crippen molar-refractivity contribution in [3.05, 3.63) is 47.9 Å². The standard InChI is InChI=1S/C15H14N2O3/c1-3-19-15(18)11(10-16)8-9-14-17(2)12-6-4-5-7-13(12)20-14/h4-9H,3H2,1-2H3/b11-8+,14-9-. The Morgan fingerprint density at radius 1 is 1.50 bits per heavy atom. The molecule has 1 aromatic rings. The van der Waals surface area contributed by atoms with Gasteiger partial charge in [-0.15, -0.1) is 0 Å². The lowest BCUT2D eigenvalue weighted by molar-refractivity contribution is -0.138. The summed E-state index contributed by atoms with van der Waals surface area (Å²) in [4.78, 5) is 13.3. The first-order chi connectivity index (χ1) is 9.67. The predicted molar refractivity (Wildman–Crippen MR) is 73.9 cm³/mol. The van der Waals surface area contributed by atoms with E-state index in [2.05, 4.69) is 0 Å².